The van der Waals surface area contributed by atoms with Crippen molar-refractivity contribution in [3.8, 4) is 0 Å². The highest BCUT2D eigenvalue weighted by atomic mass is 35.7. The molecule has 2 nitrogen and oxygen atoms in total. The minimum Gasteiger partial charge on any atom is -0.462 e. The van der Waals surface area contributed by atoms with E-state index in [4.69, 9.17) is 26.9 Å². The molecular weight excluding hydrogens is 287 g/mol. The van der Waals surface area contributed by atoms with Gasteiger partial charge in [0.1, 0.15) is 0 Å². The Kier molecular flexibility index (Phi) is 5.92. The van der Waals surface area contributed by atoms with E-state index >= 15 is 0 Å². The maximum absolute atomic E-state index is 11.2. The third kappa shape index (κ3) is 4.84. The van der Waals surface area contributed by atoms with Crippen molar-refractivity contribution in [2.75, 3.05) is 6.61 Å². The van der Waals surface area contributed by atoms with Crippen molar-refractivity contribution in [1.29, 1.82) is 0 Å². The molecule has 0 fully saturated rings. The van der Waals surface area contributed by atoms with Crippen molar-refractivity contribution >= 4 is 40.0 Å². The average molecular weight is 303 g/mol. The van der Waals surface area contributed by atoms with Crippen LogP contribution in [0.25, 0.3) is 0 Å². The van der Waals surface area contributed by atoms with Crippen LogP contribution in [0.15, 0.2) is 42.5 Å². The fraction of sp³-hybridized carbons (Fsp3) is 0.308. The minimum atomic E-state index is -2.45. The third-order valence-corrected chi connectivity index (χ3v) is 7.02. The predicted molar refractivity (Wildman–Crippen MR) is 78.7 cm³/mol. The molecule has 0 spiro atoms. The molecule has 0 N–H and O–H groups in total. The van der Waals surface area contributed by atoms with Crippen LogP contribution in [-0.2, 0) is 9.53 Å². The van der Waals surface area contributed by atoms with Crippen LogP contribution in [0.5, 0.6) is 0 Å². The Bertz CT molecular complexity index is 418. The lowest BCUT2D eigenvalue weighted by Crippen LogP contribution is -2.36. The standard InChI is InChI=1S/C13H16Cl2O2Si/c1-11(2)13(16)17-9-6-10-18(14,15)12-7-4-3-5-8-12/h3-5,7-8H,1,6,9-10H2,2H3. The van der Waals surface area contributed by atoms with Crippen molar-refractivity contribution in [3.05, 3.63) is 42.5 Å². The van der Waals surface area contributed by atoms with Crippen LogP contribution in [0, 0.1) is 0 Å². The number of carbonyl (C=O) groups excluding carboxylic acids is 1. The van der Waals surface area contributed by atoms with Gasteiger partial charge in [-0.25, -0.2) is 4.79 Å². The maximum Gasteiger partial charge on any atom is 0.333 e. The quantitative estimate of drug-likeness (QED) is 0.265. The van der Waals surface area contributed by atoms with Gasteiger partial charge in [0.2, 0.25) is 0 Å². The number of halogens is 2. The molecule has 5 heteroatoms. The second kappa shape index (κ2) is 6.97. The summed E-state index contributed by atoms with van der Waals surface area (Å²) >= 11 is 12.8. The first-order chi connectivity index (χ1) is 8.43. The van der Waals surface area contributed by atoms with E-state index in [1.165, 1.54) is 0 Å². The number of ether oxygens (including phenoxy) is 1. The number of carbonyl (C=O) groups is 1. The molecule has 0 aliphatic heterocycles. The van der Waals surface area contributed by atoms with Crippen molar-refractivity contribution in [1.82, 2.24) is 0 Å². The molecule has 0 saturated heterocycles. The summed E-state index contributed by atoms with van der Waals surface area (Å²) in [5.74, 6) is -0.369. The molecule has 98 valence electrons. The Balaban J connectivity index is 2.39. The van der Waals surface area contributed by atoms with Gasteiger partial charge in [0, 0.05) is 5.57 Å². The fourth-order valence-corrected chi connectivity index (χ4v) is 4.52. The van der Waals surface area contributed by atoms with Gasteiger partial charge in [0.05, 0.1) is 6.61 Å². The molecule has 1 aromatic carbocycles. The monoisotopic (exact) mass is 302 g/mol. The molecule has 0 radical (unpaired) electrons. The van der Waals surface area contributed by atoms with E-state index in [9.17, 15) is 4.79 Å². The lowest BCUT2D eigenvalue weighted by Gasteiger charge is -2.16. The number of benzene rings is 1. The molecule has 1 aromatic rings. The zero-order valence-corrected chi connectivity index (χ0v) is 12.8. The summed E-state index contributed by atoms with van der Waals surface area (Å²) in [4.78, 5) is 11.2. The molecule has 0 aliphatic carbocycles. The van der Waals surface area contributed by atoms with Crippen LogP contribution in [0.4, 0.5) is 0 Å². The van der Waals surface area contributed by atoms with Crippen LogP contribution in [0.3, 0.4) is 0 Å². The van der Waals surface area contributed by atoms with Crippen molar-refractivity contribution < 1.29 is 9.53 Å². The van der Waals surface area contributed by atoms with E-state index < -0.39 is 6.69 Å². The Hall–Kier alpha value is -0.773. The summed E-state index contributed by atoms with van der Waals surface area (Å²) in [6.45, 7) is 3.01. The Morgan fingerprint density at radius 3 is 2.50 bits per heavy atom. The summed E-state index contributed by atoms with van der Waals surface area (Å²) in [6.07, 6.45) is 0.660. The molecule has 18 heavy (non-hydrogen) atoms. The van der Waals surface area contributed by atoms with Gasteiger partial charge in [0.15, 0.2) is 0 Å². The third-order valence-electron chi connectivity index (χ3n) is 2.41. The van der Waals surface area contributed by atoms with E-state index in [0.717, 1.165) is 5.19 Å². The van der Waals surface area contributed by atoms with Crippen LogP contribution >= 0.6 is 22.2 Å². The van der Waals surface area contributed by atoms with Crippen LogP contribution in [-0.4, -0.2) is 19.3 Å². The first-order valence-corrected chi connectivity index (χ1v) is 9.92. The Morgan fingerprint density at radius 2 is 1.94 bits per heavy atom. The van der Waals surface area contributed by atoms with Gasteiger partial charge in [-0.3, -0.25) is 0 Å². The van der Waals surface area contributed by atoms with Gasteiger partial charge in [-0.15, -0.1) is 22.2 Å². The highest BCUT2D eigenvalue weighted by molar-refractivity contribution is 7.50. The smallest absolute Gasteiger partial charge is 0.333 e. The molecule has 0 aliphatic rings. The molecule has 0 saturated carbocycles. The second-order valence-electron chi connectivity index (χ2n) is 4.09. The first kappa shape index (κ1) is 15.3. The van der Waals surface area contributed by atoms with Crippen molar-refractivity contribution in [2.24, 2.45) is 0 Å². The summed E-state index contributed by atoms with van der Waals surface area (Å²) in [6, 6.07) is 10.3. The van der Waals surface area contributed by atoms with Gasteiger partial charge in [0.25, 0.3) is 6.69 Å². The van der Waals surface area contributed by atoms with Crippen LogP contribution in [0.1, 0.15) is 13.3 Å². The fourth-order valence-electron chi connectivity index (χ4n) is 1.41. The molecule has 0 unspecified atom stereocenters. The number of rotatable bonds is 6. The summed E-state index contributed by atoms with van der Waals surface area (Å²) in [5.41, 5.74) is 0.401. The average Bonchev–Trinajstić information content (AvgIpc) is 2.35. The SMILES string of the molecule is C=C(C)C(=O)OCCC[Si](Cl)(Cl)c1ccccc1. The summed E-state index contributed by atoms with van der Waals surface area (Å²) in [5, 5.41) is 0.986. The van der Waals surface area contributed by atoms with Gasteiger partial charge < -0.3 is 4.74 Å². The minimum absolute atomic E-state index is 0.326. The van der Waals surface area contributed by atoms with Crippen molar-refractivity contribution in [3.63, 3.8) is 0 Å². The first-order valence-electron chi connectivity index (χ1n) is 5.69. The second-order valence-corrected chi connectivity index (χ2v) is 11.0. The topological polar surface area (TPSA) is 26.3 Å². The molecular formula is C13H16Cl2O2Si. The lowest BCUT2D eigenvalue weighted by atomic mass is 10.4. The molecule has 0 bridgehead atoms. The van der Waals surface area contributed by atoms with Crippen LogP contribution in [0.2, 0.25) is 6.04 Å². The molecule has 1 rings (SSSR count). The zero-order valence-electron chi connectivity index (χ0n) is 10.3. The molecule has 0 amide bonds. The van der Waals surface area contributed by atoms with E-state index in [1.807, 2.05) is 30.3 Å². The highest BCUT2D eigenvalue weighted by Crippen LogP contribution is 2.22. The maximum atomic E-state index is 11.2. The van der Waals surface area contributed by atoms with Gasteiger partial charge in [-0.2, -0.15) is 0 Å². The Labute approximate surface area is 118 Å². The van der Waals surface area contributed by atoms with Crippen molar-refractivity contribution in [2.45, 2.75) is 19.4 Å². The number of hydrogen-bond acceptors (Lipinski definition) is 2. The Morgan fingerprint density at radius 1 is 1.33 bits per heavy atom. The van der Waals surface area contributed by atoms with E-state index in [1.54, 1.807) is 6.92 Å². The zero-order chi connectivity index (χ0) is 13.6. The number of hydrogen-bond donors (Lipinski definition) is 0. The molecule has 0 heterocycles. The molecule has 0 atom stereocenters. The molecule has 0 aromatic heterocycles. The summed E-state index contributed by atoms with van der Waals surface area (Å²) in [7, 11) is 0. The lowest BCUT2D eigenvalue weighted by molar-refractivity contribution is -0.138. The summed E-state index contributed by atoms with van der Waals surface area (Å²) < 4.78 is 5.00. The van der Waals surface area contributed by atoms with Gasteiger partial charge in [-0.1, -0.05) is 36.9 Å². The van der Waals surface area contributed by atoms with E-state index in [2.05, 4.69) is 6.58 Å². The predicted octanol–water partition coefficient (Wildman–Crippen LogP) is 3.32. The largest absolute Gasteiger partial charge is 0.462 e. The highest BCUT2D eigenvalue weighted by Gasteiger charge is 2.30. The van der Waals surface area contributed by atoms with E-state index in [0.29, 0.717) is 24.6 Å². The van der Waals surface area contributed by atoms with Gasteiger partial charge >= 0.3 is 5.97 Å². The number of esters is 1. The van der Waals surface area contributed by atoms with E-state index in [-0.39, 0.29) is 5.97 Å². The van der Waals surface area contributed by atoms with Gasteiger partial charge in [-0.05, 0) is 24.6 Å². The van der Waals surface area contributed by atoms with Crippen LogP contribution < -0.4 is 5.19 Å². The normalized spacial score (nSPS) is 11.1.